The van der Waals surface area contributed by atoms with E-state index in [1.165, 1.54) is 0 Å². The van der Waals surface area contributed by atoms with Crippen LogP contribution in [0.1, 0.15) is 11.1 Å². The van der Waals surface area contributed by atoms with Gasteiger partial charge in [0, 0.05) is 29.3 Å². The molecule has 0 fully saturated rings. The summed E-state index contributed by atoms with van der Waals surface area (Å²) in [4.78, 5) is 10.1. The normalized spacial score (nSPS) is 15.0. The summed E-state index contributed by atoms with van der Waals surface area (Å²) in [6.45, 7) is 0.801. The van der Waals surface area contributed by atoms with Gasteiger partial charge in [0.15, 0.2) is 0 Å². The lowest BCUT2D eigenvalue weighted by Gasteiger charge is -2.17. The monoisotopic (exact) mass is 387 g/mol. The number of hydrogen-bond donors (Lipinski definition) is 3. The molecule has 130 valence electrons. The number of aliphatic hydroxyl groups is 1. The zero-order chi connectivity index (χ0) is 17.6. The van der Waals surface area contributed by atoms with Crippen LogP contribution < -0.4 is 5.32 Å². The fourth-order valence-corrected chi connectivity index (χ4v) is 4.27. The van der Waals surface area contributed by atoms with Crippen molar-refractivity contribution in [2.75, 3.05) is 12.7 Å². The van der Waals surface area contributed by atoms with Crippen molar-refractivity contribution in [3.8, 4) is 0 Å². The third-order valence-corrected chi connectivity index (χ3v) is 5.82. The van der Waals surface area contributed by atoms with Gasteiger partial charge in [-0.15, -0.1) is 0 Å². The third-order valence-electron chi connectivity index (χ3n) is 3.46. The Labute approximate surface area is 151 Å². The number of rotatable bonds is 8. The number of aliphatic hydroxyl groups excluding tert-OH is 1. The van der Waals surface area contributed by atoms with E-state index in [1.54, 1.807) is 36.4 Å². The quantitative estimate of drug-likeness (QED) is 0.600. The van der Waals surface area contributed by atoms with Gasteiger partial charge in [-0.05, 0) is 35.4 Å². The molecule has 0 aliphatic carbocycles. The Morgan fingerprint density at radius 1 is 0.958 bits per heavy atom. The van der Waals surface area contributed by atoms with E-state index in [-0.39, 0.29) is 18.9 Å². The van der Waals surface area contributed by atoms with Gasteiger partial charge in [-0.25, -0.2) is 0 Å². The van der Waals surface area contributed by atoms with E-state index in [2.05, 4.69) is 5.32 Å². The maximum atomic E-state index is 12.3. The fraction of sp³-hybridized carbons (Fsp3) is 0.294. The number of nitrogens with one attached hydrogen (secondary N) is 1. The lowest BCUT2D eigenvalue weighted by atomic mass is 10.2. The summed E-state index contributed by atoms with van der Waals surface area (Å²) < 4.78 is 12.3. The molecule has 7 heteroatoms. The second-order valence-corrected chi connectivity index (χ2v) is 8.97. The molecule has 1 unspecified atom stereocenters. The molecule has 0 heterocycles. The number of halogens is 2. The van der Waals surface area contributed by atoms with Crippen molar-refractivity contribution in [1.29, 1.82) is 0 Å². The molecule has 2 rings (SSSR count). The average molecular weight is 388 g/mol. The van der Waals surface area contributed by atoms with Gasteiger partial charge in [0.25, 0.3) is 0 Å². The summed E-state index contributed by atoms with van der Waals surface area (Å²) in [5, 5.41) is 14.3. The van der Waals surface area contributed by atoms with E-state index in [9.17, 15) is 14.6 Å². The molecule has 4 nitrogen and oxygen atoms in total. The Bertz CT molecular complexity index is 692. The van der Waals surface area contributed by atoms with Crippen LogP contribution >= 0.6 is 30.6 Å². The van der Waals surface area contributed by atoms with Crippen molar-refractivity contribution in [2.45, 2.75) is 18.8 Å². The molecule has 0 saturated carbocycles. The molecule has 0 spiro atoms. The summed E-state index contributed by atoms with van der Waals surface area (Å²) >= 11 is 11.6. The van der Waals surface area contributed by atoms with Crippen molar-refractivity contribution in [1.82, 2.24) is 5.32 Å². The molecule has 0 amide bonds. The zero-order valence-corrected chi connectivity index (χ0v) is 15.4. The van der Waals surface area contributed by atoms with Crippen molar-refractivity contribution in [2.24, 2.45) is 0 Å². The van der Waals surface area contributed by atoms with Crippen LogP contribution in [0.25, 0.3) is 0 Å². The van der Waals surface area contributed by atoms with Gasteiger partial charge >= 0.3 is 0 Å². The Morgan fingerprint density at radius 3 is 2.00 bits per heavy atom. The maximum Gasteiger partial charge on any atom is 0.207 e. The highest BCUT2D eigenvalue weighted by molar-refractivity contribution is 7.57. The van der Waals surface area contributed by atoms with Crippen molar-refractivity contribution in [3.63, 3.8) is 0 Å². The molecule has 2 aromatic carbocycles. The summed E-state index contributed by atoms with van der Waals surface area (Å²) in [5.74, 6) is 0. The van der Waals surface area contributed by atoms with Gasteiger partial charge in [-0.2, -0.15) is 0 Å². The second-order valence-electron chi connectivity index (χ2n) is 5.72. The molecule has 0 bridgehead atoms. The second kappa shape index (κ2) is 9.00. The first-order chi connectivity index (χ1) is 11.3. The fourth-order valence-electron chi connectivity index (χ4n) is 2.32. The Kier molecular flexibility index (Phi) is 7.30. The highest BCUT2D eigenvalue weighted by atomic mass is 35.5. The van der Waals surface area contributed by atoms with Gasteiger partial charge in [0.1, 0.15) is 0 Å². The summed E-state index contributed by atoms with van der Waals surface area (Å²) in [6.07, 6.45) is -1.01. The first-order valence-corrected chi connectivity index (χ1v) is 10.3. The number of benzene rings is 2. The predicted octanol–water partition coefficient (Wildman–Crippen LogP) is 3.91. The van der Waals surface area contributed by atoms with Crippen LogP contribution in [-0.4, -0.2) is 28.8 Å². The van der Waals surface area contributed by atoms with E-state index in [0.717, 1.165) is 11.1 Å². The SMILES string of the molecule is O=P(O)(Cc1ccc(Cl)cc1)C[C@@H](O)CNCc1ccc(Cl)cc1. The smallest absolute Gasteiger partial charge is 0.207 e. The first kappa shape index (κ1) is 19.5. The largest absolute Gasteiger partial charge is 0.391 e. The number of hydrogen-bond acceptors (Lipinski definition) is 3. The molecular weight excluding hydrogens is 368 g/mol. The van der Waals surface area contributed by atoms with E-state index < -0.39 is 13.5 Å². The Morgan fingerprint density at radius 2 is 1.46 bits per heavy atom. The average Bonchev–Trinajstić information content (AvgIpc) is 2.51. The van der Waals surface area contributed by atoms with E-state index >= 15 is 0 Å². The highest BCUT2D eigenvalue weighted by Gasteiger charge is 2.23. The van der Waals surface area contributed by atoms with E-state index in [0.29, 0.717) is 16.6 Å². The molecule has 0 aliphatic heterocycles. The zero-order valence-electron chi connectivity index (χ0n) is 13.0. The lowest BCUT2D eigenvalue weighted by Crippen LogP contribution is -2.29. The van der Waals surface area contributed by atoms with Crippen LogP contribution in [0.4, 0.5) is 0 Å². The molecule has 3 N–H and O–H groups in total. The highest BCUT2D eigenvalue weighted by Crippen LogP contribution is 2.44. The molecule has 0 aliphatic rings. The van der Waals surface area contributed by atoms with Crippen molar-refractivity contribution < 1.29 is 14.6 Å². The molecule has 24 heavy (non-hydrogen) atoms. The minimum absolute atomic E-state index is 0.0262. The third kappa shape index (κ3) is 6.94. The van der Waals surface area contributed by atoms with Crippen LogP contribution in [0.3, 0.4) is 0 Å². The molecular formula is C17H20Cl2NO3P. The Balaban J connectivity index is 1.77. The van der Waals surface area contributed by atoms with Crippen LogP contribution in [0.5, 0.6) is 0 Å². The first-order valence-electron chi connectivity index (χ1n) is 7.52. The van der Waals surface area contributed by atoms with Gasteiger partial charge in [0.05, 0.1) is 12.3 Å². The van der Waals surface area contributed by atoms with Gasteiger partial charge in [-0.3, -0.25) is 4.57 Å². The topological polar surface area (TPSA) is 69.6 Å². The lowest BCUT2D eigenvalue weighted by molar-refractivity contribution is 0.190. The van der Waals surface area contributed by atoms with Crippen molar-refractivity contribution in [3.05, 3.63) is 69.7 Å². The van der Waals surface area contributed by atoms with Gasteiger partial charge in [0.2, 0.25) is 7.37 Å². The molecule has 2 aromatic rings. The van der Waals surface area contributed by atoms with E-state index in [4.69, 9.17) is 23.2 Å². The summed E-state index contributed by atoms with van der Waals surface area (Å²) in [6, 6.07) is 14.2. The van der Waals surface area contributed by atoms with Crippen LogP contribution in [0.15, 0.2) is 48.5 Å². The predicted molar refractivity (Wildman–Crippen MR) is 99.0 cm³/mol. The minimum atomic E-state index is -3.45. The van der Waals surface area contributed by atoms with Gasteiger partial charge < -0.3 is 15.3 Å². The van der Waals surface area contributed by atoms with Crippen molar-refractivity contribution >= 4 is 30.6 Å². The molecule has 0 aromatic heterocycles. The van der Waals surface area contributed by atoms with Gasteiger partial charge in [-0.1, -0.05) is 47.5 Å². The standard InChI is InChI=1S/C17H20Cl2NO3P/c18-15-5-1-13(2-6-15)9-20-10-17(21)12-24(22,23)11-14-3-7-16(19)8-4-14/h1-8,17,20-21H,9-12H2,(H,22,23)/t17-/m0/s1. The molecule has 0 saturated heterocycles. The minimum Gasteiger partial charge on any atom is -0.391 e. The van der Waals surface area contributed by atoms with Crippen LogP contribution in [0, 0.1) is 0 Å². The van der Waals surface area contributed by atoms with Crippen LogP contribution in [0.2, 0.25) is 10.0 Å². The molecule has 2 atom stereocenters. The maximum absolute atomic E-state index is 12.3. The van der Waals surface area contributed by atoms with Crippen LogP contribution in [-0.2, 0) is 17.3 Å². The molecule has 0 radical (unpaired) electrons. The summed E-state index contributed by atoms with van der Waals surface area (Å²) in [7, 11) is -3.45. The summed E-state index contributed by atoms with van der Waals surface area (Å²) in [5.41, 5.74) is 1.76. The Hall–Kier alpha value is -0.870. The van der Waals surface area contributed by atoms with E-state index in [1.807, 2.05) is 12.1 Å².